The lowest BCUT2D eigenvalue weighted by atomic mass is 10.0. The van der Waals surface area contributed by atoms with Gasteiger partial charge in [-0.05, 0) is 47.5 Å². The topological polar surface area (TPSA) is 142 Å². The van der Waals surface area contributed by atoms with Gasteiger partial charge in [0.2, 0.25) is 5.91 Å². The van der Waals surface area contributed by atoms with Gasteiger partial charge in [0.25, 0.3) is 0 Å². The van der Waals surface area contributed by atoms with Gasteiger partial charge in [0, 0.05) is 34.7 Å². The highest BCUT2D eigenvalue weighted by Crippen LogP contribution is 2.40. The summed E-state index contributed by atoms with van der Waals surface area (Å²) in [6.45, 7) is -0.0531. The van der Waals surface area contributed by atoms with E-state index in [4.69, 9.17) is 19.7 Å². The van der Waals surface area contributed by atoms with E-state index in [0.29, 0.717) is 23.4 Å². The van der Waals surface area contributed by atoms with Gasteiger partial charge in [0.15, 0.2) is 6.29 Å². The zero-order chi connectivity index (χ0) is 27.8. The normalized spacial score (nSPS) is 18.8. The van der Waals surface area contributed by atoms with Crippen molar-refractivity contribution < 1.29 is 39.2 Å². The first-order chi connectivity index (χ1) is 18.8. The van der Waals surface area contributed by atoms with Gasteiger partial charge in [-0.25, -0.2) is 4.79 Å². The number of carboxylic acids is 2. The van der Waals surface area contributed by atoms with E-state index in [0.717, 1.165) is 16.0 Å². The number of amides is 1. The molecule has 0 bridgehead atoms. The molecule has 10 heteroatoms. The van der Waals surface area contributed by atoms with E-state index in [-0.39, 0.29) is 37.2 Å². The molecule has 3 aromatic rings. The molecule has 4 N–H and O–H groups in total. The van der Waals surface area contributed by atoms with Crippen molar-refractivity contribution in [3.05, 3.63) is 95.1 Å². The molecule has 0 saturated carbocycles. The second-order valence-electron chi connectivity index (χ2n) is 9.06. The van der Waals surface area contributed by atoms with Gasteiger partial charge in [-0.15, -0.1) is 11.8 Å². The summed E-state index contributed by atoms with van der Waals surface area (Å²) < 4.78 is 12.7. The maximum absolute atomic E-state index is 12.1. The monoisotopic (exact) mass is 551 g/mol. The Balaban J connectivity index is 1.50. The number of aromatic carboxylic acids is 1. The predicted octanol–water partition coefficient (Wildman–Crippen LogP) is 5.02. The largest absolute Gasteiger partial charge is 0.481 e. The smallest absolute Gasteiger partial charge is 0.335 e. The van der Waals surface area contributed by atoms with Gasteiger partial charge in [-0.1, -0.05) is 36.4 Å². The van der Waals surface area contributed by atoms with Crippen molar-refractivity contribution >= 4 is 35.3 Å². The highest BCUT2D eigenvalue weighted by Gasteiger charge is 2.32. The van der Waals surface area contributed by atoms with E-state index in [1.165, 1.54) is 0 Å². The number of carboxylic acid groups (broad SMARTS) is 2. The van der Waals surface area contributed by atoms with Crippen LogP contribution in [0.2, 0.25) is 0 Å². The third kappa shape index (κ3) is 8.14. The zero-order valence-corrected chi connectivity index (χ0v) is 21.8. The quantitative estimate of drug-likeness (QED) is 0.242. The summed E-state index contributed by atoms with van der Waals surface area (Å²) in [5, 5.41) is 30.1. The van der Waals surface area contributed by atoms with Crippen molar-refractivity contribution in [3.8, 4) is 0 Å². The number of thioether (sulfide) groups is 1. The van der Waals surface area contributed by atoms with Crippen molar-refractivity contribution in [3.63, 3.8) is 0 Å². The van der Waals surface area contributed by atoms with Crippen LogP contribution in [0, 0.1) is 0 Å². The minimum atomic E-state index is -1.04. The number of hydrogen-bond acceptors (Lipinski definition) is 7. The molecule has 1 saturated heterocycles. The molecule has 39 heavy (non-hydrogen) atoms. The van der Waals surface area contributed by atoms with E-state index in [1.807, 2.05) is 30.3 Å². The van der Waals surface area contributed by atoms with Crippen molar-refractivity contribution in [1.29, 1.82) is 0 Å². The lowest BCUT2D eigenvalue weighted by molar-refractivity contribution is -0.245. The van der Waals surface area contributed by atoms with Crippen LogP contribution in [-0.2, 0) is 25.7 Å². The second-order valence-corrected chi connectivity index (χ2v) is 10.2. The Hall–Kier alpha value is -3.70. The Labute approximate surface area is 229 Å². The molecule has 0 aromatic heterocycles. The standard InChI is InChI=1S/C29H29NO8S/c31-16-18-4-6-19(7-5-18)25-15-23(17-39-24-10-8-20(9-11-24)28(35)36)37-29(38-25)21-2-1-3-22(14-21)30-26(32)12-13-27(33)34/h1-11,14,23,25,29,31H,12-13,15-17H2,(H,30,32)(H,33,34)(H,35,36)/t23-,25+,29+/m0/s1. The Kier molecular flexibility index (Phi) is 9.72. The lowest BCUT2D eigenvalue weighted by Gasteiger charge is -2.36. The van der Waals surface area contributed by atoms with Crippen LogP contribution in [0.1, 0.15) is 58.7 Å². The first kappa shape index (κ1) is 28.3. The molecule has 1 heterocycles. The lowest BCUT2D eigenvalue weighted by Crippen LogP contribution is -2.31. The molecule has 1 amide bonds. The highest BCUT2D eigenvalue weighted by molar-refractivity contribution is 7.99. The molecule has 4 rings (SSSR count). The van der Waals surface area contributed by atoms with Gasteiger partial charge in [0.1, 0.15) is 0 Å². The second kappa shape index (κ2) is 13.4. The first-order valence-corrected chi connectivity index (χ1v) is 13.4. The average Bonchev–Trinajstić information content (AvgIpc) is 2.95. The number of ether oxygens (including phenoxy) is 2. The van der Waals surface area contributed by atoms with Crippen LogP contribution >= 0.6 is 11.8 Å². The van der Waals surface area contributed by atoms with E-state index in [1.54, 1.807) is 54.2 Å². The molecule has 3 atom stereocenters. The summed E-state index contributed by atoms with van der Waals surface area (Å²) in [6.07, 6.45) is -1.02. The summed E-state index contributed by atoms with van der Waals surface area (Å²) in [6, 6.07) is 21.3. The maximum atomic E-state index is 12.1. The predicted molar refractivity (Wildman–Crippen MR) is 144 cm³/mol. The van der Waals surface area contributed by atoms with E-state index in [2.05, 4.69) is 5.32 Å². The molecule has 0 aliphatic carbocycles. The number of carbonyl (C=O) groups excluding carboxylic acids is 1. The van der Waals surface area contributed by atoms with Crippen LogP contribution in [0.15, 0.2) is 77.7 Å². The van der Waals surface area contributed by atoms with E-state index in [9.17, 15) is 19.5 Å². The highest BCUT2D eigenvalue weighted by atomic mass is 32.2. The number of aliphatic hydroxyl groups is 1. The van der Waals surface area contributed by atoms with E-state index < -0.39 is 24.1 Å². The van der Waals surface area contributed by atoms with Gasteiger partial charge >= 0.3 is 11.9 Å². The maximum Gasteiger partial charge on any atom is 0.335 e. The number of aliphatic hydroxyl groups excluding tert-OH is 1. The van der Waals surface area contributed by atoms with Crippen LogP contribution in [0.3, 0.4) is 0 Å². The SMILES string of the molecule is O=C(O)CCC(=O)Nc1cccc([C@@H]2O[C@H](CSc3ccc(C(=O)O)cc3)C[C@H](c3ccc(CO)cc3)O2)c1. The molecule has 3 aromatic carbocycles. The van der Waals surface area contributed by atoms with Crippen molar-refractivity contribution in [2.45, 2.75) is 49.3 Å². The minimum absolute atomic E-state index is 0.0531. The number of hydrogen-bond donors (Lipinski definition) is 4. The molecule has 204 valence electrons. The molecule has 0 unspecified atom stereocenters. The third-order valence-corrected chi connectivity index (χ3v) is 7.30. The summed E-state index contributed by atoms with van der Waals surface area (Å²) in [5.41, 5.74) is 3.17. The van der Waals surface area contributed by atoms with Gasteiger partial charge in [-0.3, -0.25) is 9.59 Å². The molecular weight excluding hydrogens is 522 g/mol. The summed E-state index contributed by atoms with van der Waals surface area (Å²) >= 11 is 1.56. The molecule has 0 radical (unpaired) electrons. The Morgan fingerprint density at radius 3 is 2.31 bits per heavy atom. The van der Waals surface area contributed by atoms with Crippen LogP contribution in [0.5, 0.6) is 0 Å². The number of aliphatic carboxylic acids is 1. The molecule has 1 aliphatic rings. The number of carbonyl (C=O) groups is 3. The minimum Gasteiger partial charge on any atom is -0.481 e. The van der Waals surface area contributed by atoms with Gasteiger partial charge in [0.05, 0.1) is 30.8 Å². The molecule has 1 fully saturated rings. The molecular formula is C29H29NO8S. The van der Waals surface area contributed by atoms with Crippen LogP contribution in [-0.4, -0.2) is 45.0 Å². The number of benzene rings is 3. The molecule has 0 spiro atoms. The Morgan fingerprint density at radius 2 is 1.64 bits per heavy atom. The van der Waals surface area contributed by atoms with Crippen molar-refractivity contribution in [2.75, 3.05) is 11.1 Å². The van der Waals surface area contributed by atoms with Crippen molar-refractivity contribution in [2.24, 2.45) is 0 Å². The fraction of sp³-hybridized carbons (Fsp3) is 0.276. The summed E-state index contributed by atoms with van der Waals surface area (Å²) in [4.78, 5) is 35.0. The Morgan fingerprint density at radius 1 is 0.897 bits per heavy atom. The first-order valence-electron chi connectivity index (χ1n) is 12.4. The fourth-order valence-electron chi connectivity index (χ4n) is 4.11. The molecule has 9 nitrogen and oxygen atoms in total. The van der Waals surface area contributed by atoms with Crippen LogP contribution in [0.4, 0.5) is 5.69 Å². The van der Waals surface area contributed by atoms with Gasteiger partial charge < -0.3 is 30.1 Å². The number of nitrogens with one attached hydrogen (secondary N) is 1. The number of rotatable bonds is 11. The number of anilines is 1. The van der Waals surface area contributed by atoms with Gasteiger partial charge in [-0.2, -0.15) is 0 Å². The zero-order valence-electron chi connectivity index (χ0n) is 21.0. The van der Waals surface area contributed by atoms with E-state index >= 15 is 0 Å². The third-order valence-electron chi connectivity index (χ3n) is 6.16. The Bertz CT molecular complexity index is 1300. The van der Waals surface area contributed by atoms with Crippen LogP contribution in [0.25, 0.3) is 0 Å². The van der Waals surface area contributed by atoms with Crippen LogP contribution < -0.4 is 5.32 Å². The molecule has 1 aliphatic heterocycles. The average molecular weight is 552 g/mol. The summed E-state index contributed by atoms with van der Waals surface area (Å²) in [5.74, 6) is -1.81. The van der Waals surface area contributed by atoms with Crippen molar-refractivity contribution in [1.82, 2.24) is 0 Å². The summed E-state index contributed by atoms with van der Waals surface area (Å²) in [7, 11) is 0. The fourth-order valence-corrected chi connectivity index (χ4v) is 5.03.